The number of benzene rings is 3. The third-order valence-electron chi connectivity index (χ3n) is 16.6. The Bertz CT molecular complexity index is 4320. The second kappa shape index (κ2) is 30.3. The molecule has 2 bridgehead atoms. The standard InChI is InChI=1S/C61H67FN14O17P2S2/c62-50-53-43(91-60(50)75-28-39-14-8-20-63-55-49(39)56(75)68-31-67-55)30-89-95(86,97)93-54-52(82)42(29-88-94(85,96)92-53)90-61(54)76-33-69-51-57(76)70-32-73(59(51)84)21-22-87-34-71-46(79)25-66-58(83)40(23-35-9-2-1-3-10-35)72-47(80)26-65-45(78)24-64-44(77)18-19-48(81)74-27-38-13-5-4-11-36(38)16-17-37-12-6-7-15-41(37)74/h1-7,9-13,15-17,28,31-33,40,42-43,50,52-54,60-61,82H,8,14,18-27,29-30,34H2,(H,64,77)(H,65,78)(H,66,83)(H,71,79)(H,72,80)(H,85,96)(H,86,97)(H,63,67,68)/b17-16-/t40-,42+,43+,50?,52?,53?,54?,60+,61+,94+,95+/m0/s1. The summed E-state index contributed by atoms with van der Waals surface area (Å²) in [6.45, 7) is -11.6. The van der Waals surface area contributed by atoms with Gasteiger partial charge < -0.3 is 60.7 Å². The predicted octanol–water partition coefficient (Wildman–Crippen LogP) is 3.45. The highest BCUT2D eigenvalue weighted by molar-refractivity contribution is 8.44. The number of hydrogen-bond acceptors (Lipinski definition) is 22. The van der Waals surface area contributed by atoms with Crippen LogP contribution in [0.5, 0.6) is 0 Å². The molecule has 7 N–H and O–H groups in total. The first kappa shape index (κ1) is 68.7. The number of anilines is 2. The third-order valence-corrected chi connectivity index (χ3v) is 19.8. The molecule has 3 saturated heterocycles. The van der Waals surface area contributed by atoms with E-state index in [1.807, 2.05) is 60.7 Å². The molecular weight excluding hydrogens is 1350 g/mol. The van der Waals surface area contributed by atoms with Crippen molar-refractivity contribution in [1.29, 1.82) is 0 Å². The van der Waals surface area contributed by atoms with Gasteiger partial charge in [0.15, 0.2) is 29.8 Å². The SMILES string of the molecule is O=C(CCC(=O)N1Cc2ccccc2/C=C\c2ccccc21)NCC(=O)NCC(=O)N[C@@H](Cc1ccccc1)C(=O)NCC(=O)NCOCCn1cnc2c(ncn2[C@@H]2O[C@@H]3CO[P@@](=O)(S)OC4C(F)[C@H](n5cc6c7c(ncnc75)NCCC6)O[C@@H]4CO[P@@](=O)(S)OC2C3O)c1=O. The summed E-state index contributed by atoms with van der Waals surface area (Å²) >= 11 is 8.32. The molecule has 3 fully saturated rings. The maximum absolute atomic E-state index is 16.7. The quantitative estimate of drug-likeness (QED) is 0.0228. The van der Waals surface area contributed by atoms with Crippen molar-refractivity contribution in [2.24, 2.45) is 0 Å². The number of carbonyl (C=O) groups excluding carboxylic acids is 6. The highest BCUT2D eigenvalue weighted by Crippen LogP contribution is 2.60. The number of thiol groups is 2. The van der Waals surface area contributed by atoms with Gasteiger partial charge >= 0.3 is 13.6 Å². The minimum atomic E-state index is -4.55. The molecule has 7 aromatic rings. The Morgan fingerprint density at radius 2 is 1.42 bits per heavy atom. The van der Waals surface area contributed by atoms with E-state index in [-0.39, 0.29) is 56.2 Å². The maximum atomic E-state index is 16.7. The van der Waals surface area contributed by atoms with Crippen LogP contribution >= 0.6 is 38.1 Å². The number of halogens is 1. The van der Waals surface area contributed by atoms with E-state index < -0.39 is 137 Å². The summed E-state index contributed by atoms with van der Waals surface area (Å²) in [7, 11) is 0. The third kappa shape index (κ3) is 16.2. The number of aryl methyl sites for hydroxylation is 1. The van der Waals surface area contributed by atoms with Crippen LogP contribution in [0.1, 0.15) is 59.5 Å². The van der Waals surface area contributed by atoms with E-state index in [1.54, 1.807) is 41.4 Å². The second-order valence-corrected chi connectivity index (χ2v) is 28.9. The van der Waals surface area contributed by atoms with E-state index in [0.717, 1.165) is 28.7 Å². The topological polar surface area (TPSA) is 380 Å². The number of aliphatic hydroxyl groups is 1. The largest absolute Gasteiger partial charge is 0.387 e. The van der Waals surface area contributed by atoms with Gasteiger partial charge in [0.1, 0.15) is 67.4 Å². The molecule has 0 spiro atoms. The molecule has 97 heavy (non-hydrogen) atoms. The number of carbonyl (C=O) groups is 6. The summed E-state index contributed by atoms with van der Waals surface area (Å²) in [5.41, 5.74) is 4.43. The monoisotopic (exact) mass is 1410 g/mol. The lowest BCUT2D eigenvalue weighted by atomic mass is 10.0. The number of nitrogens with zero attached hydrogens (tertiary/aromatic N) is 8. The van der Waals surface area contributed by atoms with Gasteiger partial charge in [-0.2, -0.15) is 0 Å². The van der Waals surface area contributed by atoms with Crippen LogP contribution in [-0.2, 0) is 96.1 Å². The van der Waals surface area contributed by atoms with E-state index in [4.69, 9.17) is 32.3 Å². The van der Waals surface area contributed by atoms with E-state index in [0.29, 0.717) is 47.6 Å². The molecule has 11 atom stereocenters. The summed E-state index contributed by atoms with van der Waals surface area (Å²) in [4.78, 5) is 112. The normalized spacial score (nSPS) is 25.2. The van der Waals surface area contributed by atoms with Crippen LogP contribution in [-0.4, -0.2) is 170 Å². The van der Waals surface area contributed by atoms with Gasteiger partial charge in [-0.15, -0.1) is 0 Å². The van der Waals surface area contributed by atoms with Crippen LogP contribution < -0.4 is 42.4 Å². The molecule has 0 saturated carbocycles. The lowest BCUT2D eigenvalue weighted by Gasteiger charge is -2.27. The summed E-state index contributed by atoms with van der Waals surface area (Å²) in [6, 6.07) is 22.7. The fourth-order valence-electron chi connectivity index (χ4n) is 11.8. The number of fused-ring (bicyclic) bond motifs is 6. The molecule has 12 rings (SSSR count). The number of amides is 6. The first-order valence-corrected chi connectivity index (χ1v) is 36.2. The number of para-hydroxylation sites is 1. The van der Waals surface area contributed by atoms with Crippen LogP contribution in [0.4, 0.5) is 15.9 Å². The van der Waals surface area contributed by atoms with Gasteiger partial charge in [0, 0.05) is 32.0 Å². The molecule has 31 nitrogen and oxygen atoms in total. The minimum absolute atomic E-state index is 0.0154. The van der Waals surface area contributed by atoms with Gasteiger partial charge in [-0.25, -0.2) is 33.5 Å². The molecule has 0 radical (unpaired) electrons. The Morgan fingerprint density at radius 3 is 2.24 bits per heavy atom. The van der Waals surface area contributed by atoms with Crippen molar-refractivity contribution >= 4 is 119 Å². The lowest BCUT2D eigenvalue weighted by molar-refractivity contribution is -0.131. The van der Waals surface area contributed by atoms with Crippen molar-refractivity contribution in [2.45, 2.75) is 100 Å². The molecule has 36 heteroatoms. The Kier molecular flexibility index (Phi) is 21.4. The maximum Gasteiger partial charge on any atom is 0.386 e. The second-order valence-electron chi connectivity index (χ2n) is 23.1. The number of hydrogen-bond donors (Lipinski definition) is 9. The molecule has 9 heterocycles. The molecule has 6 amide bonds. The summed E-state index contributed by atoms with van der Waals surface area (Å²) in [6.07, 6.45) is -2.25. The number of aliphatic hydroxyl groups excluding tert-OH is 1. The molecule has 4 unspecified atom stereocenters. The zero-order chi connectivity index (χ0) is 68.0. The van der Waals surface area contributed by atoms with E-state index in [9.17, 15) is 47.8 Å². The van der Waals surface area contributed by atoms with Gasteiger partial charge in [0.25, 0.3) is 5.56 Å². The van der Waals surface area contributed by atoms with Gasteiger partial charge in [0.05, 0.1) is 69.9 Å². The van der Waals surface area contributed by atoms with Gasteiger partial charge in [0.2, 0.25) is 35.4 Å². The lowest BCUT2D eigenvalue weighted by Crippen LogP contribution is -2.52. The van der Waals surface area contributed by atoms with Crippen LogP contribution in [0.15, 0.2) is 109 Å². The van der Waals surface area contributed by atoms with Crippen LogP contribution in [0.25, 0.3) is 34.3 Å². The highest BCUT2D eigenvalue weighted by atomic mass is 32.7. The Labute approximate surface area is 562 Å². The van der Waals surface area contributed by atoms with Crippen molar-refractivity contribution in [1.82, 2.24) is 60.2 Å². The molecule has 4 aromatic heterocycles. The number of alkyl halides is 1. The summed E-state index contributed by atoms with van der Waals surface area (Å²) < 4.78 is 89.2. The molecule has 3 aromatic carbocycles. The average Bonchev–Trinajstić information content (AvgIpc) is 1.61. The smallest absolute Gasteiger partial charge is 0.386 e. The number of imidazole rings is 1. The van der Waals surface area contributed by atoms with E-state index in [1.165, 1.54) is 32.7 Å². The Hall–Kier alpha value is -8.24. The van der Waals surface area contributed by atoms with Crippen LogP contribution in [0, 0.1) is 0 Å². The summed E-state index contributed by atoms with van der Waals surface area (Å²) in [5, 5.41) is 27.9. The average molecular weight is 1410 g/mol. The van der Waals surface area contributed by atoms with E-state index >= 15 is 4.39 Å². The fraction of sp³-hybridized carbons (Fsp3) is 0.393. The number of rotatable bonds is 20. The summed E-state index contributed by atoms with van der Waals surface area (Å²) in [5.74, 6) is -3.11. The number of nitrogens with one attached hydrogen (secondary N) is 6. The predicted molar refractivity (Wildman–Crippen MR) is 352 cm³/mol. The first-order chi connectivity index (χ1) is 46.8. The van der Waals surface area contributed by atoms with Gasteiger partial charge in [-0.3, -0.25) is 60.8 Å². The highest BCUT2D eigenvalue weighted by Gasteiger charge is 2.54. The molecule has 5 aliphatic rings. The first-order valence-electron chi connectivity index (χ1n) is 30.9. The van der Waals surface area contributed by atoms with Crippen molar-refractivity contribution in [2.75, 3.05) is 62.9 Å². The van der Waals surface area contributed by atoms with Gasteiger partial charge in [-0.05, 0) is 46.7 Å². The zero-order valence-electron chi connectivity index (χ0n) is 51.5. The van der Waals surface area contributed by atoms with Gasteiger partial charge in [-0.1, -0.05) is 109 Å². The van der Waals surface area contributed by atoms with E-state index in [2.05, 4.69) is 76.3 Å². The molecular formula is C61H67FN14O17P2S2. The van der Waals surface area contributed by atoms with Crippen LogP contribution in [0.3, 0.4) is 0 Å². The van der Waals surface area contributed by atoms with Crippen molar-refractivity contribution in [3.63, 3.8) is 0 Å². The fourth-order valence-corrected chi connectivity index (χ4v) is 14.7. The van der Waals surface area contributed by atoms with Crippen molar-refractivity contribution in [3.8, 4) is 0 Å². The number of ether oxygens (including phenoxy) is 3. The minimum Gasteiger partial charge on any atom is -0.387 e. The molecule has 0 aliphatic carbocycles. The Morgan fingerprint density at radius 1 is 0.732 bits per heavy atom. The zero-order valence-corrected chi connectivity index (χ0v) is 55.1. The molecule has 5 aliphatic heterocycles. The molecule has 512 valence electrons. The Balaban J connectivity index is 0.593. The number of aromatic nitrogens is 7. The van der Waals surface area contributed by atoms with Crippen LogP contribution in [0.2, 0.25) is 0 Å². The van der Waals surface area contributed by atoms with Crippen molar-refractivity contribution < 1.29 is 79.7 Å². The van der Waals surface area contributed by atoms with Crippen molar-refractivity contribution in [3.05, 3.63) is 142 Å².